The van der Waals surface area contributed by atoms with Gasteiger partial charge in [-0.05, 0) is 44.5 Å². The second-order valence-corrected chi connectivity index (χ2v) is 5.32. The Kier molecular flexibility index (Phi) is 4.85. The van der Waals surface area contributed by atoms with E-state index in [1.807, 2.05) is 50.2 Å². The summed E-state index contributed by atoms with van der Waals surface area (Å²) in [4.78, 5) is 4.27. The molecular weight excluding hydrogens is 272 g/mol. The van der Waals surface area contributed by atoms with Gasteiger partial charge in [-0.25, -0.2) is 4.98 Å². The van der Waals surface area contributed by atoms with E-state index in [0.29, 0.717) is 5.88 Å². The lowest BCUT2D eigenvalue weighted by Crippen LogP contribution is -2.12. The van der Waals surface area contributed by atoms with Crippen LogP contribution in [0.4, 0.5) is 5.69 Å². The molecule has 4 heteroatoms. The number of aromatic nitrogens is 1. The smallest absolute Gasteiger partial charge is 0.237 e. The van der Waals surface area contributed by atoms with Crippen LogP contribution in [-0.2, 0) is 0 Å². The van der Waals surface area contributed by atoms with Crippen LogP contribution in [0.15, 0.2) is 42.6 Å². The van der Waals surface area contributed by atoms with E-state index < -0.39 is 0 Å². The first kappa shape index (κ1) is 14.7. The third-order valence-corrected chi connectivity index (χ3v) is 3.21. The number of hydrogen-bond acceptors (Lipinski definition) is 3. The second kappa shape index (κ2) is 6.62. The fourth-order valence-corrected chi connectivity index (χ4v) is 2.25. The number of anilines is 1. The number of nitrogens with one attached hydrogen (secondary N) is 1. The lowest BCUT2D eigenvalue weighted by Gasteiger charge is -2.19. The van der Waals surface area contributed by atoms with Gasteiger partial charge in [-0.3, -0.25) is 0 Å². The molecule has 1 atom stereocenters. The van der Waals surface area contributed by atoms with Crippen LogP contribution in [-0.4, -0.2) is 11.1 Å². The van der Waals surface area contributed by atoms with Crippen molar-refractivity contribution < 1.29 is 4.74 Å². The molecule has 0 saturated heterocycles. The van der Waals surface area contributed by atoms with E-state index in [4.69, 9.17) is 16.3 Å². The van der Waals surface area contributed by atoms with Crippen LogP contribution >= 0.6 is 11.6 Å². The van der Waals surface area contributed by atoms with Crippen LogP contribution in [0.2, 0.25) is 5.02 Å². The second-order valence-electron chi connectivity index (χ2n) is 4.91. The highest BCUT2D eigenvalue weighted by Gasteiger charge is 2.12. The van der Waals surface area contributed by atoms with Gasteiger partial charge in [0.1, 0.15) is 0 Å². The third-order valence-electron chi connectivity index (χ3n) is 2.86. The largest absolute Gasteiger partial charge is 0.473 e. The van der Waals surface area contributed by atoms with Crippen molar-refractivity contribution in [3.63, 3.8) is 0 Å². The Morgan fingerprint density at radius 2 is 1.85 bits per heavy atom. The molecule has 0 radical (unpaired) electrons. The summed E-state index contributed by atoms with van der Waals surface area (Å²) in [5.41, 5.74) is 1.92. The van der Waals surface area contributed by atoms with Gasteiger partial charge in [0.15, 0.2) is 0 Å². The third kappa shape index (κ3) is 3.64. The van der Waals surface area contributed by atoms with Crippen molar-refractivity contribution in [2.75, 3.05) is 5.32 Å². The molecule has 1 heterocycles. The summed E-state index contributed by atoms with van der Waals surface area (Å²) in [6.45, 7) is 6.03. The Labute approximate surface area is 124 Å². The highest BCUT2D eigenvalue weighted by molar-refractivity contribution is 6.31. The molecule has 0 amide bonds. The van der Waals surface area contributed by atoms with Crippen molar-refractivity contribution in [3.8, 4) is 5.88 Å². The number of benzene rings is 1. The van der Waals surface area contributed by atoms with Gasteiger partial charge in [0.25, 0.3) is 0 Å². The number of nitrogens with zero attached hydrogens (tertiary/aromatic N) is 1. The molecule has 0 saturated carbocycles. The number of hydrogen-bond donors (Lipinski definition) is 1. The molecule has 0 aliphatic rings. The molecule has 0 aliphatic heterocycles. The maximum atomic E-state index is 6.22. The first-order chi connectivity index (χ1) is 9.58. The van der Waals surface area contributed by atoms with Gasteiger partial charge in [0.2, 0.25) is 5.88 Å². The predicted octanol–water partition coefficient (Wildman–Crippen LogP) is 4.70. The van der Waals surface area contributed by atoms with Gasteiger partial charge >= 0.3 is 0 Å². The van der Waals surface area contributed by atoms with Crippen molar-refractivity contribution in [2.45, 2.75) is 32.9 Å². The first-order valence-corrected chi connectivity index (χ1v) is 7.08. The molecule has 1 aromatic carbocycles. The van der Waals surface area contributed by atoms with E-state index in [-0.39, 0.29) is 12.1 Å². The quantitative estimate of drug-likeness (QED) is 0.867. The van der Waals surface area contributed by atoms with E-state index >= 15 is 0 Å². The summed E-state index contributed by atoms with van der Waals surface area (Å²) < 4.78 is 5.71. The van der Waals surface area contributed by atoms with Crippen LogP contribution in [0.5, 0.6) is 5.88 Å². The molecule has 1 N–H and O–H groups in total. The Bertz CT molecular complexity index is 572. The molecule has 0 spiro atoms. The summed E-state index contributed by atoms with van der Waals surface area (Å²) in [6, 6.07) is 11.7. The molecule has 3 nitrogen and oxygen atoms in total. The molecule has 2 rings (SSSR count). The van der Waals surface area contributed by atoms with Crippen molar-refractivity contribution in [1.82, 2.24) is 4.98 Å². The maximum Gasteiger partial charge on any atom is 0.237 e. The molecule has 2 aromatic rings. The van der Waals surface area contributed by atoms with Crippen LogP contribution < -0.4 is 10.1 Å². The molecule has 0 fully saturated rings. The van der Waals surface area contributed by atoms with E-state index in [1.165, 1.54) is 0 Å². The van der Waals surface area contributed by atoms with E-state index in [1.54, 1.807) is 6.20 Å². The first-order valence-electron chi connectivity index (χ1n) is 6.70. The molecule has 0 aliphatic carbocycles. The number of rotatable bonds is 5. The van der Waals surface area contributed by atoms with Gasteiger partial charge in [-0.15, -0.1) is 0 Å². The highest BCUT2D eigenvalue weighted by Crippen LogP contribution is 2.29. The SMILES string of the molecule is CC(C)Oc1ncccc1NC(C)c1ccccc1Cl. The van der Waals surface area contributed by atoms with Crippen LogP contribution in [0, 0.1) is 0 Å². The number of halogens is 1. The van der Waals surface area contributed by atoms with Crippen molar-refractivity contribution in [2.24, 2.45) is 0 Å². The topological polar surface area (TPSA) is 34.1 Å². The molecule has 0 bridgehead atoms. The minimum Gasteiger partial charge on any atom is -0.473 e. The highest BCUT2D eigenvalue weighted by atomic mass is 35.5. The Balaban J connectivity index is 2.20. The molecule has 20 heavy (non-hydrogen) atoms. The van der Waals surface area contributed by atoms with Crippen molar-refractivity contribution in [1.29, 1.82) is 0 Å². The molecule has 106 valence electrons. The lowest BCUT2D eigenvalue weighted by molar-refractivity contribution is 0.234. The summed E-state index contributed by atoms with van der Waals surface area (Å²) in [5, 5.41) is 4.15. The van der Waals surface area contributed by atoms with Gasteiger partial charge < -0.3 is 10.1 Å². The minimum atomic E-state index is 0.0717. The zero-order valence-electron chi connectivity index (χ0n) is 11.9. The van der Waals surface area contributed by atoms with Crippen molar-refractivity contribution in [3.05, 3.63) is 53.2 Å². The van der Waals surface area contributed by atoms with E-state index in [9.17, 15) is 0 Å². The Hall–Kier alpha value is -1.74. The van der Waals surface area contributed by atoms with E-state index in [2.05, 4.69) is 17.2 Å². The maximum absolute atomic E-state index is 6.22. The summed E-state index contributed by atoms with van der Waals surface area (Å²) in [5.74, 6) is 0.612. The van der Waals surface area contributed by atoms with Crippen LogP contribution in [0.25, 0.3) is 0 Å². The number of ether oxygens (including phenoxy) is 1. The standard InChI is InChI=1S/C16H19ClN2O/c1-11(2)20-16-15(9-6-10-18-16)19-12(3)13-7-4-5-8-14(13)17/h4-12,19H,1-3H3. The van der Waals surface area contributed by atoms with Crippen molar-refractivity contribution >= 4 is 17.3 Å². The number of pyridine rings is 1. The zero-order valence-corrected chi connectivity index (χ0v) is 12.7. The summed E-state index contributed by atoms with van der Waals surface area (Å²) >= 11 is 6.22. The average Bonchev–Trinajstić information content (AvgIpc) is 2.41. The zero-order chi connectivity index (χ0) is 14.5. The minimum absolute atomic E-state index is 0.0717. The van der Waals surface area contributed by atoms with Gasteiger partial charge in [0, 0.05) is 11.2 Å². The Morgan fingerprint density at radius 3 is 2.55 bits per heavy atom. The Morgan fingerprint density at radius 1 is 1.10 bits per heavy atom. The summed E-state index contributed by atoms with van der Waals surface area (Å²) in [7, 11) is 0. The monoisotopic (exact) mass is 290 g/mol. The molecule has 1 aromatic heterocycles. The fourth-order valence-electron chi connectivity index (χ4n) is 1.96. The average molecular weight is 291 g/mol. The van der Waals surface area contributed by atoms with Crippen LogP contribution in [0.3, 0.4) is 0 Å². The normalized spacial score (nSPS) is 12.2. The molecule has 1 unspecified atom stereocenters. The van der Waals surface area contributed by atoms with Gasteiger partial charge in [0.05, 0.1) is 17.8 Å². The van der Waals surface area contributed by atoms with Gasteiger partial charge in [-0.2, -0.15) is 0 Å². The van der Waals surface area contributed by atoms with E-state index in [0.717, 1.165) is 16.3 Å². The fraction of sp³-hybridized carbons (Fsp3) is 0.312. The van der Waals surface area contributed by atoms with Crippen LogP contribution in [0.1, 0.15) is 32.4 Å². The summed E-state index contributed by atoms with van der Waals surface area (Å²) in [6.07, 6.45) is 1.81. The predicted molar refractivity (Wildman–Crippen MR) is 83.5 cm³/mol. The molecular formula is C16H19ClN2O. The lowest BCUT2D eigenvalue weighted by atomic mass is 10.1. The van der Waals surface area contributed by atoms with Gasteiger partial charge in [-0.1, -0.05) is 29.8 Å².